The molecule has 0 aliphatic heterocycles. The fraction of sp³-hybridized carbons (Fsp3) is 0.167. The van der Waals surface area contributed by atoms with Crippen molar-refractivity contribution in [2.24, 2.45) is 0 Å². The number of carbonyl (C=O) groups is 2. The summed E-state index contributed by atoms with van der Waals surface area (Å²) in [5.41, 5.74) is 4.47. The van der Waals surface area contributed by atoms with E-state index >= 15 is 0 Å². The minimum absolute atomic E-state index is 0.0361. The lowest BCUT2D eigenvalue weighted by Gasteiger charge is -2.15. The standard InChI is InChI=1S/C24H20FNO4/c1-2-22(27)30-23-20(25)12-7-13-21(23)26-24(28)29-14-19-17-10-5-3-8-15(17)16-9-4-6-11-18(16)19/h3-13,19H,2,14H2,1H3,(H,26,28). The molecule has 30 heavy (non-hydrogen) atoms. The van der Waals surface area contributed by atoms with E-state index in [1.165, 1.54) is 12.1 Å². The van der Waals surface area contributed by atoms with Crippen LogP contribution >= 0.6 is 0 Å². The van der Waals surface area contributed by atoms with Crippen LogP contribution in [0.3, 0.4) is 0 Å². The van der Waals surface area contributed by atoms with E-state index in [2.05, 4.69) is 17.4 Å². The molecule has 0 radical (unpaired) electrons. The van der Waals surface area contributed by atoms with Gasteiger partial charge in [-0.15, -0.1) is 0 Å². The van der Waals surface area contributed by atoms with Gasteiger partial charge in [0.25, 0.3) is 0 Å². The summed E-state index contributed by atoms with van der Waals surface area (Å²) in [5, 5.41) is 2.47. The van der Waals surface area contributed by atoms with Crippen LogP contribution in [0.2, 0.25) is 0 Å². The van der Waals surface area contributed by atoms with E-state index in [9.17, 15) is 14.0 Å². The van der Waals surface area contributed by atoms with Crippen LogP contribution < -0.4 is 10.1 Å². The number of amides is 1. The normalized spacial score (nSPS) is 12.1. The zero-order valence-corrected chi connectivity index (χ0v) is 16.4. The van der Waals surface area contributed by atoms with Gasteiger partial charge in [0.15, 0.2) is 11.6 Å². The molecule has 5 nitrogen and oxygen atoms in total. The number of halogens is 1. The van der Waals surface area contributed by atoms with Crippen molar-refractivity contribution in [1.29, 1.82) is 0 Å². The van der Waals surface area contributed by atoms with Crippen molar-refractivity contribution in [2.45, 2.75) is 19.3 Å². The molecule has 3 aromatic rings. The summed E-state index contributed by atoms with van der Waals surface area (Å²) in [6.45, 7) is 1.72. The van der Waals surface area contributed by atoms with E-state index in [1.807, 2.05) is 36.4 Å². The Balaban J connectivity index is 1.49. The van der Waals surface area contributed by atoms with Gasteiger partial charge in [0.2, 0.25) is 0 Å². The van der Waals surface area contributed by atoms with Crippen LogP contribution in [0.25, 0.3) is 11.1 Å². The van der Waals surface area contributed by atoms with E-state index in [4.69, 9.17) is 9.47 Å². The second kappa shape index (κ2) is 8.37. The number of hydrogen-bond donors (Lipinski definition) is 1. The van der Waals surface area contributed by atoms with Gasteiger partial charge in [-0.2, -0.15) is 0 Å². The first kappa shape index (κ1) is 19.6. The molecule has 0 saturated heterocycles. The van der Waals surface area contributed by atoms with E-state index in [-0.39, 0.29) is 30.4 Å². The molecular formula is C24H20FNO4. The molecule has 0 spiro atoms. The Morgan fingerprint density at radius 3 is 2.20 bits per heavy atom. The SMILES string of the molecule is CCC(=O)Oc1c(F)cccc1NC(=O)OCC1c2ccccc2-c2ccccc21. The fourth-order valence-electron chi connectivity index (χ4n) is 3.64. The second-order valence-corrected chi connectivity index (χ2v) is 6.89. The molecule has 0 aromatic heterocycles. The highest BCUT2D eigenvalue weighted by atomic mass is 19.1. The van der Waals surface area contributed by atoms with Crippen LogP contribution in [0, 0.1) is 5.82 Å². The number of carbonyl (C=O) groups excluding carboxylic acids is 2. The largest absolute Gasteiger partial charge is 0.448 e. The molecule has 0 fully saturated rings. The lowest BCUT2D eigenvalue weighted by molar-refractivity contribution is -0.134. The van der Waals surface area contributed by atoms with Gasteiger partial charge in [-0.1, -0.05) is 61.5 Å². The van der Waals surface area contributed by atoms with Crippen molar-refractivity contribution in [3.05, 3.63) is 83.7 Å². The van der Waals surface area contributed by atoms with E-state index in [0.29, 0.717) is 0 Å². The number of anilines is 1. The maximum absolute atomic E-state index is 14.1. The summed E-state index contributed by atoms with van der Waals surface area (Å²) in [6, 6.07) is 20.0. The number of benzene rings is 3. The Morgan fingerprint density at radius 1 is 0.933 bits per heavy atom. The third kappa shape index (κ3) is 3.76. The molecule has 1 N–H and O–H groups in total. The molecular weight excluding hydrogens is 385 g/mol. The summed E-state index contributed by atoms with van der Waals surface area (Å²) in [7, 11) is 0. The van der Waals surface area contributed by atoms with Gasteiger partial charge in [-0.05, 0) is 34.4 Å². The van der Waals surface area contributed by atoms with Gasteiger partial charge < -0.3 is 9.47 Å². The van der Waals surface area contributed by atoms with Gasteiger partial charge in [0, 0.05) is 12.3 Å². The Kier molecular flexibility index (Phi) is 5.48. The summed E-state index contributed by atoms with van der Waals surface area (Å²) < 4.78 is 24.6. The number of para-hydroxylation sites is 1. The highest BCUT2D eigenvalue weighted by Gasteiger charge is 2.29. The molecule has 0 saturated carbocycles. The zero-order valence-electron chi connectivity index (χ0n) is 16.4. The average molecular weight is 405 g/mol. The predicted molar refractivity (Wildman–Crippen MR) is 111 cm³/mol. The van der Waals surface area contributed by atoms with Crippen molar-refractivity contribution in [3.8, 4) is 16.9 Å². The maximum atomic E-state index is 14.1. The van der Waals surface area contributed by atoms with E-state index in [0.717, 1.165) is 28.3 Å². The number of ether oxygens (including phenoxy) is 2. The van der Waals surface area contributed by atoms with Gasteiger partial charge in [-0.3, -0.25) is 10.1 Å². The topological polar surface area (TPSA) is 64.6 Å². The average Bonchev–Trinajstić information content (AvgIpc) is 3.08. The number of nitrogens with one attached hydrogen (secondary N) is 1. The molecule has 1 aliphatic carbocycles. The molecule has 1 amide bonds. The number of rotatable bonds is 5. The Morgan fingerprint density at radius 2 is 1.57 bits per heavy atom. The van der Waals surface area contributed by atoms with Crippen molar-refractivity contribution in [1.82, 2.24) is 0 Å². The number of hydrogen-bond acceptors (Lipinski definition) is 4. The highest BCUT2D eigenvalue weighted by molar-refractivity contribution is 5.88. The van der Waals surface area contributed by atoms with E-state index < -0.39 is 17.9 Å². The van der Waals surface area contributed by atoms with Crippen LogP contribution in [0.1, 0.15) is 30.4 Å². The van der Waals surface area contributed by atoms with Crippen molar-refractivity contribution in [2.75, 3.05) is 11.9 Å². The molecule has 0 bridgehead atoms. The third-order valence-corrected chi connectivity index (χ3v) is 5.05. The zero-order chi connectivity index (χ0) is 21.1. The molecule has 0 heterocycles. The third-order valence-electron chi connectivity index (χ3n) is 5.05. The van der Waals surface area contributed by atoms with Crippen molar-refractivity contribution >= 4 is 17.7 Å². The Labute approximate surface area is 173 Å². The highest BCUT2D eigenvalue weighted by Crippen LogP contribution is 2.44. The van der Waals surface area contributed by atoms with Gasteiger partial charge in [-0.25, -0.2) is 9.18 Å². The molecule has 1 aliphatic rings. The first-order valence-corrected chi connectivity index (χ1v) is 9.69. The first-order valence-electron chi connectivity index (χ1n) is 9.69. The van der Waals surface area contributed by atoms with E-state index in [1.54, 1.807) is 6.92 Å². The molecule has 0 atom stereocenters. The number of esters is 1. The molecule has 6 heteroatoms. The Hall–Kier alpha value is -3.67. The van der Waals surface area contributed by atoms with Crippen LogP contribution in [0.15, 0.2) is 66.7 Å². The molecule has 152 valence electrons. The van der Waals surface area contributed by atoms with Crippen molar-refractivity contribution in [3.63, 3.8) is 0 Å². The van der Waals surface area contributed by atoms with Gasteiger partial charge in [0.05, 0.1) is 5.69 Å². The first-order chi connectivity index (χ1) is 14.6. The summed E-state index contributed by atoms with van der Waals surface area (Å²) >= 11 is 0. The summed E-state index contributed by atoms with van der Waals surface area (Å²) in [5.74, 6) is -1.75. The minimum atomic E-state index is -0.753. The Bertz CT molecular complexity index is 1070. The molecule has 4 rings (SSSR count). The van der Waals surface area contributed by atoms with Gasteiger partial charge >= 0.3 is 12.1 Å². The van der Waals surface area contributed by atoms with Crippen molar-refractivity contribution < 1.29 is 23.5 Å². The predicted octanol–water partition coefficient (Wildman–Crippen LogP) is 5.50. The molecule has 0 unspecified atom stereocenters. The van der Waals surface area contributed by atoms with Crippen LogP contribution in [-0.2, 0) is 9.53 Å². The number of fused-ring (bicyclic) bond motifs is 3. The summed E-state index contributed by atoms with van der Waals surface area (Å²) in [4.78, 5) is 24.0. The minimum Gasteiger partial charge on any atom is -0.448 e. The molecule has 3 aromatic carbocycles. The lowest BCUT2D eigenvalue weighted by Crippen LogP contribution is -2.19. The van der Waals surface area contributed by atoms with Gasteiger partial charge in [0.1, 0.15) is 6.61 Å². The quantitative estimate of drug-likeness (QED) is 0.450. The smallest absolute Gasteiger partial charge is 0.411 e. The fourth-order valence-corrected chi connectivity index (χ4v) is 3.64. The summed E-state index contributed by atoms with van der Waals surface area (Å²) in [6.07, 6.45) is -0.671. The second-order valence-electron chi connectivity index (χ2n) is 6.89. The van der Waals surface area contributed by atoms with Crippen LogP contribution in [0.4, 0.5) is 14.9 Å². The van der Waals surface area contributed by atoms with Crippen LogP contribution in [-0.4, -0.2) is 18.7 Å². The maximum Gasteiger partial charge on any atom is 0.411 e. The lowest BCUT2D eigenvalue weighted by atomic mass is 9.98. The monoisotopic (exact) mass is 405 g/mol. The van der Waals surface area contributed by atoms with Crippen LogP contribution in [0.5, 0.6) is 5.75 Å².